The average molecular weight is 524 g/mol. The third kappa shape index (κ3) is 4.47. The molecule has 0 radical (unpaired) electrons. The van der Waals surface area contributed by atoms with Gasteiger partial charge in [-0.25, -0.2) is 4.98 Å². The molecular weight excluding hydrogens is 492 g/mol. The van der Waals surface area contributed by atoms with Crippen molar-refractivity contribution in [2.75, 3.05) is 29.9 Å². The third-order valence-electron chi connectivity index (χ3n) is 7.71. The maximum atomic E-state index is 13.0. The lowest BCUT2D eigenvalue weighted by Gasteiger charge is -2.27. The number of carbonyl (C=O) groups excluding carboxylic acids is 2. The number of aromatic nitrogens is 1. The topological polar surface area (TPSA) is 116 Å². The van der Waals surface area contributed by atoms with Crippen LogP contribution in [0.4, 0.5) is 11.5 Å². The number of rotatable bonds is 6. The number of amidine groups is 1. The molecule has 6 rings (SSSR count). The number of nitrogens with two attached hydrogens (primary N) is 1. The van der Waals surface area contributed by atoms with E-state index in [1.807, 2.05) is 24.3 Å². The number of anilines is 2. The summed E-state index contributed by atoms with van der Waals surface area (Å²) < 4.78 is -0.149. The van der Waals surface area contributed by atoms with E-state index in [4.69, 9.17) is 10.8 Å². The van der Waals surface area contributed by atoms with Gasteiger partial charge in [0.1, 0.15) is 17.7 Å². The summed E-state index contributed by atoms with van der Waals surface area (Å²) in [6.45, 7) is 6.33. The highest BCUT2D eigenvalue weighted by molar-refractivity contribution is 6.05. The van der Waals surface area contributed by atoms with Gasteiger partial charge in [0.05, 0.1) is 24.0 Å². The number of hydrogen-bond donors (Lipinski definition) is 2. The fourth-order valence-corrected chi connectivity index (χ4v) is 5.70. The number of amides is 2. The van der Waals surface area contributed by atoms with Gasteiger partial charge in [-0.15, -0.1) is 4.59 Å². The third-order valence-corrected chi connectivity index (χ3v) is 7.71. The van der Waals surface area contributed by atoms with Gasteiger partial charge in [0, 0.05) is 43.1 Å². The molecule has 1 aromatic heterocycles. The summed E-state index contributed by atoms with van der Waals surface area (Å²) in [5.74, 6) is 7.63. The zero-order valence-electron chi connectivity index (χ0n) is 21.7. The van der Waals surface area contributed by atoms with Crippen LogP contribution < -0.4 is 16.1 Å². The highest BCUT2D eigenvalue weighted by atomic mass is 16.2. The summed E-state index contributed by atoms with van der Waals surface area (Å²) in [7, 11) is 0. The van der Waals surface area contributed by atoms with E-state index < -0.39 is 0 Å². The number of allylic oxidation sites excluding steroid dienone is 1. The Morgan fingerprint density at radius 3 is 2.67 bits per heavy atom. The van der Waals surface area contributed by atoms with Crippen molar-refractivity contribution in [1.29, 1.82) is 0 Å². The van der Waals surface area contributed by atoms with Crippen molar-refractivity contribution in [3.8, 4) is 0 Å². The molecule has 39 heavy (non-hydrogen) atoms. The number of aliphatic imine (C=N–C) groups is 2. The van der Waals surface area contributed by atoms with E-state index in [0.29, 0.717) is 23.8 Å². The van der Waals surface area contributed by atoms with Crippen molar-refractivity contribution in [3.63, 3.8) is 0 Å². The molecule has 2 aromatic rings. The molecule has 0 saturated carbocycles. The summed E-state index contributed by atoms with van der Waals surface area (Å²) in [6.07, 6.45) is 12.2. The Morgan fingerprint density at radius 2 is 1.90 bits per heavy atom. The largest absolute Gasteiger partial charge is 0.371 e. The predicted molar refractivity (Wildman–Crippen MR) is 151 cm³/mol. The number of nitrogens with zero attached hydrogens (tertiary/aromatic N) is 6. The van der Waals surface area contributed by atoms with E-state index >= 15 is 0 Å². The van der Waals surface area contributed by atoms with Crippen LogP contribution >= 0.6 is 0 Å². The van der Waals surface area contributed by atoms with E-state index in [1.165, 1.54) is 18.9 Å². The monoisotopic (exact) mass is 523 g/mol. The minimum atomic E-state index is -0.244. The van der Waals surface area contributed by atoms with Crippen molar-refractivity contribution >= 4 is 35.4 Å². The Balaban J connectivity index is 1.24. The van der Waals surface area contributed by atoms with E-state index in [2.05, 4.69) is 26.8 Å². The number of nitrogens with one attached hydrogen (secondary N) is 1. The van der Waals surface area contributed by atoms with E-state index in [1.54, 1.807) is 41.8 Å². The summed E-state index contributed by atoms with van der Waals surface area (Å²) in [5.41, 5.74) is 3.80. The number of benzene rings is 1. The normalized spacial score (nSPS) is 23.7. The molecule has 4 aliphatic heterocycles. The maximum absolute atomic E-state index is 13.0. The zero-order chi connectivity index (χ0) is 27.0. The molecular formula is C29H31N8O2+. The molecule has 198 valence electrons. The highest BCUT2D eigenvalue weighted by Gasteiger charge is 2.48. The summed E-state index contributed by atoms with van der Waals surface area (Å²) >= 11 is 0. The van der Waals surface area contributed by atoms with Gasteiger partial charge in [0.2, 0.25) is 11.6 Å². The van der Waals surface area contributed by atoms with E-state index in [0.717, 1.165) is 48.6 Å². The van der Waals surface area contributed by atoms with Crippen LogP contribution in [0.5, 0.6) is 0 Å². The van der Waals surface area contributed by atoms with Gasteiger partial charge >= 0.3 is 0 Å². The fourth-order valence-electron chi connectivity index (χ4n) is 5.70. The first-order chi connectivity index (χ1) is 19.0. The minimum absolute atomic E-state index is 0.122. The lowest BCUT2D eigenvalue weighted by atomic mass is 10.1. The Kier molecular flexibility index (Phi) is 6.41. The van der Waals surface area contributed by atoms with Gasteiger partial charge in [-0.05, 0) is 62.1 Å². The first-order valence-electron chi connectivity index (χ1n) is 13.3. The van der Waals surface area contributed by atoms with Crippen molar-refractivity contribution < 1.29 is 14.2 Å². The van der Waals surface area contributed by atoms with E-state index in [-0.39, 0.29) is 22.4 Å². The van der Waals surface area contributed by atoms with Gasteiger partial charge in [-0.2, -0.15) is 10.8 Å². The predicted octanol–water partition coefficient (Wildman–Crippen LogP) is 3.33. The van der Waals surface area contributed by atoms with E-state index in [9.17, 15) is 9.59 Å². The molecule has 2 unspecified atom stereocenters. The molecule has 10 heteroatoms. The van der Waals surface area contributed by atoms with Crippen molar-refractivity contribution in [1.82, 2.24) is 9.88 Å². The lowest BCUT2D eigenvalue weighted by Crippen LogP contribution is -2.53. The standard InChI is InChI=1S/C29H30N8O2/c1-2-26(38)36-16-5-6-23(36)27-24-19-31-13-17-37(24,30)28(34-27)20-7-9-21(10-8-20)29(39)33-25-18-22(11-12-32-25)35-14-3-4-15-35/h2,7-13,17-19,23H,1,3-6,14-16,30H2/p+1. The SMILES string of the molecule is C=CC(=O)N1CCCC1C1=C2C=NC=C[N+]2(N)C(c2ccc(C(=O)Nc3cc(N4CCCC4)ccn3)cc2)=N1. The van der Waals surface area contributed by atoms with Gasteiger partial charge in [-0.3, -0.25) is 14.6 Å². The molecule has 4 aliphatic rings. The number of likely N-dealkylation sites (tertiary alicyclic amines) is 1. The van der Waals surface area contributed by atoms with Gasteiger partial charge in [0.15, 0.2) is 0 Å². The smallest absolute Gasteiger partial charge is 0.264 e. The second kappa shape index (κ2) is 10.0. The summed E-state index contributed by atoms with van der Waals surface area (Å²) in [4.78, 5) is 43.2. The molecule has 0 spiro atoms. The summed E-state index contributed by atoms with van der Waals surface area (Å²) in [5, 5.41) is 2.91. The number of carbonyl (C=O) groups is 2. The maximum Gasteiger partial charge on any atom is 0.264 e. The molecule has 0 bridgehead atoms. The van der Waals surface area contributed by atoms with Crippen LogP contribution in [0.2, 0.25) is 0 Å². The van der Waals surface area contributed by atoms with Crippen LogP contribution in [0, 0.1) is 0 Å². The quantitative estimate of drug-likeness (QED) is 0.342. The van der Waals surface area contributed by atoms with Crippen LogP contribution in [0.1, 0.15) is 41.6 Å². The molecule has 2 atom stereocenters. The second-order valence-electron chi connectivity index (χ2n) is 10.1. The van der Waals surface area contributed by atoms with Gasteiger partial charge in [0.25, 0.3) is 11.7 Å². The zero-order valence-corrected chi connectivity index (χ0v) is 21.7. The molecule has 5 heterocycles. The second-order valence-corrected chi connectivity index (χ2v) is 10.1. The fraction of sp³-hybridized carbons (Fsp3) is 0.276. The van der Waals surface area contributed by atoms with Crippen molar-refractivity contribution in [2.45, 2.75) is 31.7 Å². The Labute approximate surface area is 227 Å². The molecule has 2 fully saturated rings. The number of quaternary nitrogens is 1. The Morgan fingerprint density at radius 1 is 1.10 bits per heavy atom. The van der Waals surface area contributed by atoms with Crippen LogP contribution in [0.3, 0.4) is 0 Å². The molecule has 2 amide bonds. The van der Waals surface area contributed by atoms with Gasteiger partial charge in [-0.1, -0.05) is 6.58 Å². The minimum Gasteiger partial charge on any atom is -0.371 e. The lowest BCUT2D eigenvalue weighted by molar-refractivity contribution is -0.750. The van der Waals surface area contributed by atoms with Crippen LogP contribution in [0.15, 0.2) is 89.0 Å². The van der Waals surface area contributed by atoms with Crippen molar-refractivity contribution in [2.24, 2.45) is 15.8 Å². The molecule has 10 nitrogen and oxygen atoms in total. The van der Waals surface area contributed by atoms with Crippen molar-refractivity contribution in [3.05, 3.63) is 90.2 Å². The molecule has 2 saturated heterocycles. The first-order valence-corrected chi connectivity index (χ1v) is 13.3. The number of pyridine rings is 1. The molecule has 1 aromatic carbocycles. The summed E-state index contributed by atoms with van der Waals surface area (Å²) in [6, 6.07) is 10.9. The molecule has 3 N–H and O–H groups in total. The highest BCUT2D eigenvalue weighted by Crippen LogP contribution is 2.37. The van der Waals surface area contributed by atoms with Crippen LogP contribution in [0.25, 0.3) is 0 Å². The van der Waals surface area contributed by atoms with Gasteiger partial charge < -0.3 is 15.1 Å². The first kappa shape index (κ1) is 24.9. The number of fused-ring (bicyclic) bond motifs is 1. The Hall–Kier alpha value is -4.41. The van der Waals surface area contributed by atoms with Crippen LogP contribution in [-0.2, 0) is 4.79 Å². The Bertz CT molecular complexity index is 1450. The number of hydrogen-bond acceptors (Lipinski definition) is 7. The van der Waals surface area contributed by atoms with Crippen LogP contribution in [-0.4, -0.2) is 64.0 Å². The average Bonchev–Trinajstić information content (AvgIpc) is 3.72. The molecule has 0 aliphatic carbocycles.